The van der Waals surface area contributed by atoms with E-state index in [1.165, 1.54) is 11.2 Å². The number of rotatable bonds is 8. The zero-order valence-electron chi connectivity index (χ0n) is 16.8. The van der Waals surface area contributed by atoms with Gasteiger partial charge >= 0.3 is 0 Å². The van der Waals surface area contributed by atoms with Gasteiger partial charge in [0.2, 0.25) is 17.7 Å². The van der Waals surface area contributed by atoms with Gasteiger partial charge < -0.3 is 27.1 Å². The van der Waals surface area contributed by atoms with Crippen LogP contribution in [0.5, 0.6) is 0 Å². The van der Waals surface area contributed by atoms with Crippen LogP contribution in [-0.2, 0) is 27.2 Å². The van der Waals surface area contributed by atoms with Crippen molar-refractivity contribution >= 4 is 23.6 Å². The highest BCUT2D eigenvalue weighted by atomic mass is 16.2. The van der Waals surface area contributed by atoms with E-state index in [-0.39, 0.29) is 31.2 Å². The minimum atomic E-state index is -0.932. The topological polar surface area (TPSA) is 176 Å². The van der Waals surface area contributed by atoms with E-state index in [1.807, 2.05) is 0 Å². The Morgan fingerprint density at radius 1 is 1.19 bits per heavy atom. The Morgan fingerprint density at radius 3 is 2.55 bits per heavy atom. The standard InChI is InChI=1S/C20H25N7O4/c21-15(19(30)26-16(18(22)29)8-14-9-24-11-25-14)7-12-1-3-13(4-2-12)20(31)27-6-5-23-10-17(27)28/h1-4,9,11,15-16,23H,5-8,10,21H2,(H2,22,29)(H,24,25)(H,26,30)/t15-,16-/m0/s1. The molecule has 0 bridgehead atoms. The average Bonchev–Trinajstić information content (AvgIpc) is 3.26. The molecule has 4 amide bonds. The molecule has 11 nitrogen and oxygen atoms in total. The lowest BCUT2D eigenvalue weighted by Crippen LogP contribution is -2.52. The van der Waals surface area contributed by atoms with E-state index in [1.54, 1.807) is 30.5 Å². The number of nitrogens with two attached hydrogens (primary N) is 2. The molecule has 1 aromatic carbocycles. The number of imidazole rings is 1. The molecular formula is C20H25N7O4. The first-order valence-corrected chi connectivity index (χ1v) is 9.82. The fraction of sp³-hybridized carbons (Fsp3) is 0.350. The van der Waals surface area contributed by atoms with Crippen LogP contribution < -0.4 is 22.1 Å². The molecule has 2 atom stereocenters. The van der Waals surface area contributed by atoms with Crippen LogP contribution in [0.4, 0.5) is 0 Å². The van der Waals surface area contributed by atoms with Crippen molar-refractivity contribution in [3.05, 3.63) is 53.6 Å². The monoisotopic (exact) mass is 427 g/mol. The first kappa shape index (κ1) is 22.1. The van der Waals surface area contributed by atoms with Gasteiger partial charge in [-0.1, -0.05) is 12.1 Å². The second-order valence-corrected chi connectivity index (χ2v) is 7.26. The number of amides is 4. The van der Waals surface area contributed by atoms with E-state index in [0.29, 0.717) is 24.3 Å². The van der Waals surface area contributed by atoms with E-state index in [4.69, 9.17) is 11.5 Å². The fourth-order valence-corrected chi connectivity index (χ4v) is 3.22. The second kappa shape index (κ2) is 9.96. The number of benzene rings is 1. The predicted octanol–water partition coefficient (Wildman–Crippen LogP) is -1.94. The van der Waals surface area contributed by atoms with Gasteiger partial charge in [0.05, 0.1) is 24.6 Å². The van der Waals surface area contributed by atoms with E-state index in [9.17, 15) is 19.2 Å². The van der Waals surface area contributed by atoms with E-state index >= 15 is 0 Å². The summed E-state index contributed by atoms with van der Waals surface area (Å²) in [6, 6.07) is 4.71. The normalized spacial score (nSPS) is 15.9. The van der Waals surface area contributed by atoms with Crippen LogP contribution in [0.2, 0.25) is 0 Å². The Balaban J connectivity index is 1.57. The number of primary amides is 1. The van der Waals surface area contributed by atoms with Crippen molar-refractivity contribution in [2.45, 2.75) is 24.9 Å². The van der Waals surface area contributed by atoms with Crippen LogP contribution in [0.15, 0.2) is 36.8 Å². The number of H-pyrrole nitrogens is 1. The van der Waals surface area contributed by atoms with Gasteiger partial charge in [0.1, 0.15) is 6.04 Å². The first-order valence-electron chi connectivity index (χ1n) is 9.82. The number of hydrogen-bond donors (Lipinski definition) is 5. The lowest BCUT2D eigenvalue weighted by atomic mass is 10.0. The maximum atomic E-state index is 12.5. The predicted molar refractivity (Wildman–Crippen MR) is 110 cm³/mol. The molecule has 0 spiro atoms. The number of nitrogens with zero attached hydrogens (tertiary/aromatic N) is 2. The molecule has 2 heterocycles. The van der Waals surface area contributed by atoms with Crippen LogP contribution in [0.1, 0.15) is 21.6 Å². The third kappa shape index (κ3) is 5.74. The number of imide groups is 1. The molecule has 31 heavy (non-hydrogen) atoms. The molecule has 11 heteroatoms. The molecular weight excluding hydrogens is 402 g/mol. The van der Waals surface area contributed by atoms with Crippen LogP contribution in [-0.4, -0.2) is 70.2 Å². The Kier molecular flexibility index (Phi) is 7.11. The van der Waals surface area contributed by atoms with Gasteiger partial charge in [-0.3, -0.25) is 24.1 Å². The van der Waals surface area contributed by atoms with Crippen molar-refractivity contribution in [2.75, 3.05) is 19.6 Å². The SMILES string of the molecule is NC(=O)[C@H](Cc1c[nH]cn1)NC(=O)[C@@H](N)Cc1ccc(C(=O)N2CCNCC2=O)cc1. The largest absolute Gasteiger partial charge is 0.368 e. The molecule has 2 aromatic rings. The average molecular weight is 427 g/mol. The van der Waals surface area contributed by atoms with Gasteiger partial charge in [-0.05, 0) is 24.1 Å². The Labute approximate surface area is 178 Å². The van der Waals surface area contributed by atoms with Crippen LogP contribution in [0.25, 0.3) is 0 Å². The van der Waals surface area contributed by atoms with Gasteiger partial charge in [-0.2, -0.15) is 0 Å². The number of nitrogens with one attached hydrogen (secondary N) is 3. The third-order valence-corrected chi connectivity index (χ3v) is 4.96. The number of carbonyl (C=O) groups excluding carboxylic acids is 4. The molecule has 164 valence electrons. The molecule has 7 N–H and O–H groups in total. The van der Waals surface area contributed by atoms with Crippen LogP contribution in [0.3, 0.4) is 0 Å². The lowest BCUT2D eigenvalue weighted by molar-refractivity contribution is -0.129. The Bertz CT molecular complexity index is 943. The quantitative estimate of drug-likeness (QED) is 0.304. The number of hydrogen-bond acceptors (Lipinski definition) is 7. The van der Waals surface area contributed by atoms with Gasteiger partial charge in [0, 0.05) is 31.3 Å². The summed E-state index contributed by atoms with van der Waals surface area (Å²) in [4.78, 5) is 56.5. The minimum absolute atomic E-state index is 0.139. The van der Waals surface area contributed by atoms with Crippen LogP contribution >= 0.6 is 0 Å². The third-order valence-electron chi connectivity index (χ3n) is 4.96. The number of aromatic amines is 1. The summed E-state index contributed by atoms with van der Waals surface area (Å²) in [6.07, 6.45) is 3.42. The summed E-state index contributed by atoms with van der Waals surface area (Å²) in [5.74, 6) is -1.83. The number of piperazine rings is 1. The summed E-state index contributed by atoms with van der Waals surface area (Å²) >= 11 is 0. The molecule has 3 rings (SSSR count). The summed E-state index contributed by atoms with van der Waals surface area (Å²) in [5.41, 5.74) is 13.1. The van der Waals surface area contributed by atoms with E-state index in [2.05, 4.69) is 20.6 Å². The summed E-state index contributed by atoms with van der Waals surface area (Å²) in [7, 11) is 0. The summed E-state index contributed by atoms with van der Waals surface area (Å²) in [6.45, 7) is 1.02. The highest BCUT2D eigenvalue weighted by Gasteiger charge is 2.26. The Morgan fingerprint density at radius 2 is 1.94 bits per heavy atom. The molecule has 1 saturated heterocycles. The Hall–Kier alpha value is -3.57. The molecule has 1 fully saturated rings. The van der Waals surface area contributed by atoms with Crippen molar-refractivity contribution in [3.8, 4) is 0 Å². The molecule has 1 aliphatic heterocycles. The number of carbonyl (C=O) groups is 4. The zero-order valence-corrected chi connectivity index (χ0v) is 16.8. The molecule has 0 aliphatic carbocycles. The molecule has 1 aliphatic rings. The summed E-state index contributed by atoms with van der Waals surface area (Å²) in [5, 5.41) is 5.47. The van der Waals surface area contributed by atoms with Gasteiger partial charge in [0.15, 0.2) is 0 Å². The molecule has 0 unspecified atom stereocenters. The fourth-order valence-electron chi connectivity index (χ4n) is 3.22. The number of aromatic nitrogens is 2. The maximum Gasteiger partial charge on any atom is 0.260 e. The van der Waals surface area contributed by atoms with Crippen molar-refractivity contribution in [1.82, 2.24) is 25.5 Å². The van der Waals surface area contributed by atoms with E-state index < -0.39 is 23.9 Å². The van der Waals surface area contributed by atoms with Gasteiger partial charge in [-0.15, -0.1) is 0 Å². The minimum Gasteiger partial charge on any atom is -0.368 e. The zero-order chi connectivity index (χ0) is 22.4. The second-order valence-electron chi connectivity index (χ2n) is 7.26. The van der Waals surface area contributed by atoms with Crippen molar-refractivity contribution in [3.63, 3.8) is 0 Å². The molecule has 1 aromatic heterocycles. The summed E-state index contributed by atoms with van der Waals surface area (Å²) < 4.78 is 0. The lowest BCUT2D eigenvalue weighted by Gasteiger charge is -2.25. The van der Waals surface area contributed by atoms with Crippen molar-refractivity contribution < 1.29 is 19.2 Å². The van der Waals surface area contributed by atoms with Gasteiger partial charge in [-0.25, -0.2) is 4.98 Å². The van der Waals surface area contributed by atoms with Crippen molar-refractivity contribution in [1.29, 1.82) is 0 Å². The van der Waals surface area contributed by atoms with E-state index in [0.717, 1.165) is 5.56 Å². The van der Waals surface area contributed by atoms with Crippen molar-refractivity contribution in [2.24, 2.45) is 11.5 Å². The highest BCUT2D eigenvalue weighted by molar-refractivity contribution is 6.05. The smallest absolute Gasteiger partial charge is 0.260 e. The highest BCUT2D eigenvalue weighted by Crippen LogP contribution is 2.11. The van der Waals surface area contributed by atoms with Crippen LogP contribution in [0, 0.1) is 0 Å². The molecule has 0 radical (unpaired) electrons. The molecule has 0 saturated carbocycles. The maximum absolute atomic E-state index is 12.5. The first-order chi connectivity index (χ1) is 14.8. The van der Waals surface area contributed by atoms with Gasteiger partial charge in [0.25, 0.3) is 5.91 Å².